The second-order valence-corrected chi connectivity index (χ2v) is 15.3. The molecule has 0 fully saturated rings. The number of carbonyl (C=O) groups excluding carboxylic acids is 3. The van der Waals surface area contributed by atoms with E-state index < -0.39 is 6.10 Å². The van der Waals surface area contributed by atoms with Crippen LogP contribution in [0.3, 0.4) is 0 Å². The van der Waals surface area contributed by atoms with E-state index in [1.54, 1.807) is 0 Å². The van der Waals surface area contributed by atoms with Gasteiger partial charge in [-0.05, 0) is 77.0 Å². The fraction of sp³-hybridized carbons (Fsp3) is 0.776. The average molecular weight is 771 g/mol. The van der Waals surface area contributed by atoms with Crippen LogP contribution in [0.2, 0.25) is 0 Å². The van der Waals surface area contributed by atoms with Gasteiger partial charge in [0, 0.05) is 19.3 Å². The Morgan fingerprint density at radius 1 is 0.382 bits per heavy atom. The van der Waals surface area contributed by atoms with Gasteiger partial charge in [-0.25, -0.2) is 0 Å². The Labute approximate surface area is 339 Å². The van der Waals surface area contributed by atoms with Gasteiger partial charge in [0.2, 0.25) is 0 Å². The maximum atomic E-state index is 12.7. The van der Waals surface area contributed by atoms with Crippen molar-refractivity contribution in [1.82, 2.24) is 0 Å². The summed E-state index contributed by atoms with van der Waals surface area (Å²) in [6.45, 7) is 6.41. The lowest BCUT2D eigenvalue weighted by Crippen LogP contribution is -2.30. The van der Waals surface area contributed by atoms with Crippen LogP contribution in [0.4, 0.5) is 0 Å². The Hall–Kier alpha value is -2.63. The summed E-state index contributed by atoms with van der Waals surface area (Å²) in [6.07, 6.45) is 51.2. The Morgan fingerprint density at radius 2 is 0.709 bits per heavy atom. The molecule has 0 N–H and O–H groups in total. The van der Waals surface area contributed by atoms with E-state index in [2.05, 4.69) is 69.4 Å². The molecule has 6 nitrogen and oxygen atoms in total. The molecular weight excluding hydrogens is 685 g/mol. The fourth-order valence-electron chi connectivity index (χ4n) is 6.33. The summed E-state index contributed by atoms with van der Waals surface area (Å²) >= 11 is 0. The highest BCUT2D eigenvalue weighted by Gasteiger charge is 2.19. The number of hydrogen-bond donors (Lipinski definition) is 0. The van der Waals surface area contributed by atoms with Crippen molar-refractivity contribution in [2.24, 2.45) is 0 Å². The molecule has 0 aliphatic carbocycles. The van der Waals surface area contributed by atoms with Crippen LogP contribution in [-0.4, -0.2) is 37.2 Å². The zero-order valence-electron chi connectivity index (χ0n) is 36.2. The van der Waals surface area contributed by atoms with Crippen LogP contribution in [0, 0.1) is 0 Å². The van der Waals surface area contributed by atoms with Crippen molar-refractivity contribution in [1.29, 1.82) is 0 Å². The zero-order chi connectivity index (χ0) is 40.1. The van der Waals surface area contributed by atoms with Crippen molar-refractivity contribution in [3.63, 3.8) is 0 Å². The van der Waals surface area contributed by atoms with E-state index in [1.807, 2.05) is 0 Å². The normalized spacial score (nSPS) is 12.4. The summed E-state index contributed by atoms with van der Waals surface area (Å²) < 4.78 is 16.6. The van der Waals surface area contributed by atoms with E-state index in [4.69, 9.17) is 14.2 Å². The van der Waals surface area contributed by atoms with Crippen molar-refractivity contribution in [3.8, 4) is 0 Å². The van der Waals surface area contributed by atoms with Crippen molar-refractivity contribution in [3.05, 3.63) is 48.6 Å². The van der Waals surface area contributed by atoms with Gasteiger partial charge in [0.25, 0.3) is 0 Å². The minimum Gasteiger partial charge on any atom is -0.462 e. The van der Waals surface area contributed by atoms with Gasteiger partial charge in [-0.3, -0.25) is 14.4 Å². The van der Waals surface area contributed by atoms with E-state index in [9.17, 15) is 14.4 Å². The molecule has 6 heteroatoms. The maximum absolute atomic E-state index is 12.7. The minimum atomic E-state index is -0.777. The Morgan fingerprint density at radius 3 is 1.13 bits per heavy atom. The van der Waals surface area contributed by atoms with Crippen LogP contribution in [0.1, 0.15) is 226 Å². The van der Waals surface area contributed by atoms with Crippen LogP contribution in [0.5, 0.6) is 0 Å². The molecule has 0 aromatic rings. The number of carbonyl (C=O) groups is 3. The lowest BCUT2D eigenvalue weighted by atomic mass is 10.1. The number of hydrogen-bond acceptors (Lipinski definition) is 6. The first-order valence-corrected chi connectivity index (χ1v) is 23.1. The Kier molecular flexibility index (Phi) is 42.0. The molecule has 0 saturated heterocycles. The predicted octanol–water partition coefficient (Wildman–Crippen LogP) is 14.8. The van der Waals surface area contributed by atoms with E-state index in [-0.39, 0.29) is 31.1 Å². The molecule has 0 heterocycles. The molecule has 0 spiro atoms. The predicted molar refractivity (Wildman–Crippen MR) is 233 cm³/mol. The van der Waals surface area contributed by atoms with E-state index >= 15 is 0 Å². The smallest absolute Gasteiger partial charge is 0.306 e. The van der Waals surface area contributed by atoms with Gasteiger partial charge >= 0.3 is 17.9 Å². The third-order valence-corrected chi connectivity index (χ3v) is 9.82. The molecule has 0 aliphatic heterocycles. The van der Waals surface area contributed by atoms with E-state index in [0.717, 1.165) is 103 Å². The standard InChI is InChI=1S/C49H86O6/c1-4-7-10-13-15-17-19-21-23-24-26-27-29-31-33-36-39-42-48(51)54-45-46(44-53-47(50)41-38-35-12-9-6-3)55-49(52)43-40-37-34-32-30-28-25-22-20-18-16-14-11-8-5-2/h8,11,16,18,21-23,25,46H,4-7,9-10,12-15,17,19-20,24,26-45H2,1-3H3/b11-8-,18-16-,23-21-,25-22-. The van der Waals surface area contributed by atoms with Gasteiger partial charge in [-0.1, -0.05) is 179 Å². The van der Waals surface area contributed by atoms with Crippen LogP contribution in [-0.2, 0) is 28.6 Å². The van der Waals surface area contributed by atoms with Gasteiger partial charge in [0.15, 0.2) is 6.10 Å². The highest BCUT2D eigenvalue weighted by atomic mass is 16.6. The lowest BCUT2D eigenvalue weighted by Gasteiger charge is -2.18. The third-order valence-electron chi connectivity index (χ3n) is 9.82. The number of unbranched alkanes of at least 4 members (excludes halogenated alkanes) is 22. The molecule has 318 valence electrons. The molecule has 0 aromatic carbocycles. The highest BCUT2D eigenvalue weighted by molar-refractivity contribution is 5.71. The van der Waals surface area contributed by atoms with Crippen LogP contribution in [0.25, 0.3) is 0 Å². The molecule has 0 rings (SSSR count). The van der Waals surface area contributed by atoms with Crippen molar-refractivity contribution >= 4 is 17.9 Å². The average Bonchev–Trinajstić information content (AvgIpc) is 3.18. The first kappa shape index (κ1) is 52.4. The van der Waals surface area contributed by atoms with Gasteiger partial charge in [0.05, 0.1) is 0 Å². The molecule has 0 saturated carbocycles. The van der Waals surface area contributed by atoms with E-state index in [1.165, 1.54) is 83.5 Å². The quantitative estimate of drug-likeness (QED) is 0.0267. The van der Waals surface area contributed by atoms with Crippen molar-refractivity contribution < 1.29 is 28.6 Å². The van der Waals surface area contributed by atoms with Gasteiger partial charge < -0.3 is 14.2 Å². The molecule has 1 atom stereocenters. The number of ether oxygens (including phenoxy) is 3. The topological polar surface area (TPSA) is 78.9 Å². The van der Waals surface area contributed by atoms with Crippen molar-refractivity contribution in [2.45, 2.75) is 232 Å². The second-order valence-electron chi connectivity index (χ2n) is 15.3. The second kappa shape index (κ2) is 44.1. The van der Waals surface area contributed by atoms with Crippen LogP contribution < -0.4 is 0 Å². The van der Waals surface area contributed by atoms with E-state index in [0.29, 0.717) is 19.3 Å². The first-order valence-electron chi connectivity index (χ1n) is 23.1. The molecular formula is C49H86O6. The first-order chi connectivity index (χ1) is 27.0. The van der Waals surface area contributed by atoms with Crippen LogP contribution in [0.15, 0.2) is 48.6 Å². The summed E-state index contributed by atoms with van der Waals surface area (Å²) in [5.74, 6) is -0.917. The van der Waals surface area contributed by atoms with Crippen molar-refractivity contribution in [2.75, 3.05) is 13.2 Å². The minimum absolute atomic E-state index is 0.0824. The zero-order valence-corrected chi connectivity index (χ0v) is 36.2. The number of rotatable bonds is 41. The molecule has 0 amide bonds. The van der Waals surface area contributed by atoms with Gasteiger partial charge in [-0.15, -0.1) is 0 Å². The summed E-state index contributed by atoms with van der Waals surface area (Å²) in [5.41, 5.74) is 0. The molecule has 0 bridgehead atoms. The summed E-state index contributed by atoms with van der Waals surface area (Å²) in [7, 11) is 0. The van der Waals surface area contributed by atoms with Gasteiger partial charge in [0.1, 0.15) is 13.2 Å². The number of esters is 3. The molecule has 0 aromatic heterocycles. The third kappa shape index (κ3) is 42.4. The SMILES string of the molecule is CC/C=C\C/C=C\C/C=C\CCCCCCCC(=O)OC(COC(=O)CCCCCCC)COC(=O)CCCCCCCCC/C=C\CCCCCCCC. The lowest BCUT2D eigenvalue weighted by molar-refractivity contribution is -0.167. The summed E-state index contributed by atoms with van der Waals surface area (Å²) in [4.78, 5) is 37.5. The summed E-state index contributed by atoms with van der Waals surface area (Å²) in [5, 5.41) is 0. The molecule has 0 radical (unpaired) electrons. The van der Waals surface area contributed by atoms with Gasteiger partial charge in [-0.2, -0.15) is 0 Å². The molecule has 0 aliphatic rings. The Bertz CT molecular complexity index is 980. The molecule has 55 heavy (non-hydrogen) atoms. The summed E-state index contributed by atoms with van der Waals surface area (Å²) in [6, 6.07) is 0. The number of allylic oxidation sites excluding steroid dienone is 8. The largest absolute Gasteiger partial charge is 0.462 e. The maximum Gasteiger partial charge on any atom is 0.306 e. The highest BCUT2D eigenvalue weighted by Crippen LogP contribution is 2.14. The van der Waals surface area contributed by atoms with Crippen LogP contribution >= 0.6 is 0 Å². The Balaban J connectivity index is 4.24. The fourth-order valence-corrected chi connectivity index (χ4v) is 6.33. The monoisotopic (exact) mass is 771 g/mol. The molecule has 1 unspecified atom stereocenters.